The number of rotatable bonds is 3. The lowest BCUT2D eigenvalue weighted by Crippen LogP contribution is -2.02. The van der Waals surface area contributed by atoms with Crippen molar-refractivity contribution in [1.29, 1.82) is 0 Å². The standard InChI is InChI=1S/C13H19N/c1-9(2)11-5-6-12(8-14)13(7-11)10-3-4-10/h5-7,9-10H,3-4,8,14H2,1-2H3. The monoisotopic (exact) mass is 189 g/mol. The van der Waals surface area contributed by atoms with Crippen LogP contribution >= 0.6 is 0 Å². The molecule has 1 heteroatoms. The zero-order chi connectivity index (χ0) is 10.1. The van der Waals surface area contributed by atoms with E-state index in [-0.39, 0.29) is 0 Å². The lowest BCUT2D eigenvalue weighted by atomic mass is 9.95. The average Bonchev–Trinajstić information content (AvgIpc) is 3.00. The summed E-state index contributed by atoms with van der Waals surface area (Å²) in [7, 11) is 0. The van der Waals surface area contributed by atoms with E-state index in [0.717, 1.165) is 5.92 Å². The summed E-state index contributed by atoms with van der Waals surface area (Å²) in [6, 6.07) is 6.80. The minimum absolute atomic E-state index is 0.624. The normalized spacial score (nSPS) is 16.3. The van der Waals surface area contributed by atoms with E-state index >= 15 is 0 Å². The van der Waals surface area contributed by atoms with Crippen molar-refractivity contribution >= 4 is 0 Å². The molecule has 2 rings (SSSR count). The Kier molecular flexibility index (Phi) is 2.60. The Hall–Kier alpha value is -0.820. The second kappa shape index (κ2) is 3.74. The molecular weight excluding hydrogens is 170 g/mol. The van der Waals surface area contributed by atoms with Gasteiger partial charge in [-0.1, -0.05) is 32.0 Å². The molecule has 0 saturated heterocycles. The highest BCUT2D eigenvalue weighted by Crippen LogP contribution is 2.42. The van der Waals surface area contributed by atoms with E-state index in [1.54, 1.807) is 0 Å². The average molecular weight is 189 g/mol. The van der Waals surface area contributed by atoms with Gasteiger partial charge in [-0.25, -0.2) is 0 Å². The molecule has 1 fully saturated rings. The molecule has 0 radical (unpaired) electrons. The van der Waals surface area contributed by atoms with E-state index in [1.807, 2.05) is 0 Å². The summed E-state index contributed by atoms with van der Waals surface area (Å²) in [5.74, 6) is 1.44. The molecule has 1 aliphatic rings. The Morgan fingerprint density at radius 2 is 2.07 bits per heavy atom. The highest BCUT2D eigenvalue weighted by molar-refractivity contribution is 5.38. The first-order valence-corrected chi connectivity index (χ1v) is 5.55. The zero-order valence-electron chi connectivity index (χ0n) is 9.09. The summed E-state index contributed by atoms with van der Waals surface area (Å²) in [6.07, 6.45) is 2.71. The van der Waals surface area contributed by atoms with Crippen LogP contribution in [0.4, 0.5) is 0 Å². The topological polar surface area (TPSA) is 26.0 Å². The molecule has 2 N–H and O–H groups in total. The van der Waals surface area contributed by atoms with Crippen molar-refractivity contribution in [1.82, 2.24) is 0 Å². The van der Waals surface area contributed by atoms with Gasteiger partial charge < -0.3 is 5.73 Å². The predicted molar refractivity (Wildman–Crippen MR) is 60.4 cm³/mol. The van der Waals surface area contributed by atoms with E-state index < -0.39 is 0 Å². The molecule has 0 spiro atoms. The number of hydrogen-bond donors (Lipinski definition) is 1. The number of benzene rings is 1. The van der Waals surface area contributed by atoms with Crippen molar-refractivity contribution in [2.45, 2.75) is 45.1 Å². The van der Waals surface area contributed by atoms with Gasteiger partial charge >= 0.3 is 0 Å². The van der Waals surface area contributed by atoms with Crippen LogP contribution in [0, 0.1) is 0 Å². The van der Waals surface area contributed by atoms with Crippen LogP contribution in [-0.4, -0.2) is 0 Å². The second-order valence-electron chi connectivity index (χ2n) is 4.59. The first kappa shape index (κ1) is 9.72. The third-order valence-electron chi connectivity index (χ3n) is 3.07. The zero-order valence-corrected chi connectivity index (χ0v) is 9.09. The fourth-order valence-electron chi connectivity index (χ4n) is 1.93. The maximum absolute atomic E-state index is 5.74. The molecule has 1 aliphatic carbocycles. The van der Waals surface area contributed by atoms with Crippen LogP contribution in [0.3, 0.4) is 0 Å². The first-order chi connectivity index (χ1) is 6.72. The second-order valence-corrected chi connectivity index (χ2v) is 4.59. The highest BCUT2D eigenvalue weighted by Gasteiger charge is 2.25. The van der Waals surface area contributed by atoms with Crippen molar-refractivity contribution in [3.8, 4) is 0 Å². The maximum Gasteiger partial charge on any atom is 0.0180 e. The smallest absolute Gasteiger partial charge is 0.0180 e. The number of nitrogens with two attached hydrogens (primary N) is 1. The minimum atomic E-state index is 0.624. The SMILES string of the molecule is CC(C)c1ccc(CN)c(C2CC2)c1. The van der Waals surface area contributed by atoms with Gasteiger partial charge in [-0.15, -0.1) is 0 Å². The largest absolute Gasteiger partial charge is 0.326 e. The van der Waals surface area contributed by atoms with Crippen LogP contribution < -0.4 is 5.73 Å². The summed E-state index contributed by atoms with van der Waals surface area (Å²) in [4.78, 5) is 0. The van der Waals surface area contributed by atoms with Gasteiger partial charge in [-0.2, -0.15) is 0 Å². The van der Waals surface area contributed by atoms with Gasteiger partial charge in [-0.3, -0.25) is 0 Å². The van der Waals surface area contributed by atoms with Gasteiger partial charge in [0.05, 0.1) is 0 Å². The Labute approximate surface area is 86.3 Å². The third kappa shape index (κ3) is 1.83. The summed E-state index contributed by atoms with van der Waals surface area (Å²) < 4.78 is 0. The summed E-state index contributed by atoms with van der Waals surface area (Å²) in [5, 5.41) is 0. The summed E-state index contributed by atoms with van der Waals surface area (Å²) >= 11 is 0. The van der Waals surface area contributed by atoms with Crippen LogP contribution in [0.1, 0.15) is 55.2 Å². The van der Waals surface area contributed by atoms with E-state index in [4.69, 9.17) is 5.73 Å². The van der Waals surface area contributed by atoms with E-state index in [9.17, 15) is 0 Å². The van der Waals surface area contributed by atoms with Crippen LogP contribution in [0.15, 0.2) is 18.2 Å². The molecule has 1 nitrogen and oxygen atoms in total. The molecule has 76 valence electrons. The molecule has 0 heterocycles. The van der Waals surface area contributed by atoms with Crippen LogP contribution in [0.25, 0.3) is 0 Å². The highest BCUT2D eigenvalue weighted by atomic mass is 14.5. The fourth-order valence-corrected chi connectivity index (χ4v) is 1.93. The van der Waals surface area contributed by atoms with Crippen LogP contribution in [0.2, 0.25) is 0 Å². The fraction of sp³-hybridized carbons (Fsp3) is 0.538. The predicted octanol–water partition coefficient (Wildman–Crippen LogP) is 3.15. The molecule has 0 bridgehead atoms. The van der Waals surface area contributed by atoms with Crippen molar-refractivity contribution in [2.75, 3.05) is 0 Å². The number of hydrogen-bond acceptors (Lipinski definition) is 1. The van der Waals surface area contributed by atoms with Gasteiger partial charge in [0, 0.05) is 6.54 Å². The summed E-state index contributed by atoms with van der Waals surface area (Å²) in [5.41, 5.74) is 10.0. The molecule has 0 atom stereocenters. The van der Waals surface area contributed by atoms with Gasteiger partial charge in [-0.05, 0) is 41.4 Å². The lowest BCUT2D eigenvalue weighted by Gasteiger charge is -2.11. The van der Waals surface area contributed by atoms with Crippen molar-refractivity contribution in [2.24, 2.45) is 5.73 Å². The van der Waals surface area contributed by atoms with Crippen LogP contribution in [0.5, 0.6) is 0 Å². The molecule has 1 saturated carbocycles. The molecule has 0 amide bonds. The third-order valence-corrected chi connectivity index (χ3v) is 3.07. The van der Waals surface area contributed by atoms with Crippen LogP contribution in [-0.2, 0) is 6.54 Å². The molecule has 14 heavy (non-hydrogen) atoms. The van der Waals surface area contributed by atoms with Gasteiger partial charge in [0.1, 0.15) is 0 Å². The maximum atomic E-state index is 5.74. The molecule has 0 unspecified atom stereocenters. The summed E-state index contributed by atoms with van der Waals surface area (Å²) in [6.45, 7) is 5.17. The van der Waals surface area contributed by atoms with Crippen molar-refractivity contribution in [3.05, 3.63) is 34.9 Å². The first-order valence-electron chi connectivity index (χ1n) is 5.55. The quantitative estimate of drug-likeness (QED) is 0.776. The van der Waals surface area contributed by atoms with E-state index in [2.05, 4.69) is 32.0 Å². The van der Waals surface area contributed by atoms with Crippen molar-refractivity contribution in [3.63, 3.8) is 0 Å². The molecule has 0 aliphatic heterocycles. The lowest BCUT2D eigenvalue weighted by molar-refractivity contribution is 0.856. The molecule has 1 aromatic carbocycles. The van der Waals surface area contributed by atoms with E-state index in [1.165, 1.54) is 29.5 Å². The molecular formula is C13H19N. The molecule has 0 aromatic heterocycles. The molecule has 1 aromatic rings. The van der Waals surface area contributed by atoms with Gasteiger partial charge in [0.2, 0.25) is 0 Å². The Morgan fingerprint density at radius 1 is 1.36 bits per heavy atom. The minimum Gasteiger partial charge on any atom is -0.326 e. The van der Waals surface area contributed by atoms with E-state index in [0.29, 0.717) is 12.5 Å². The Balaban J connectivity index is 2.36. The van der Waals surface area contributed by atoms with Gasteiger partial charge in [0.25, 0.3) is 0 Å². The Bertz CT molecular complexity index is 324. The van der Waals surface area contributed by atoms with Crippen molar-refractivity contribution < 1.29 is 0 Å². The van der Waals surface area contributed by atoms with Gasteiger partial charge in [0.15, 0.2) is 0 Å². The Morgan fingerprint density at radius 3 is 2.57 bits per heavy atom.